The molecule has 3 aromatic heterocycles. The Morgan fingerprint density at radius 3 is 1.70 bits per heavy atom. The molecule has 0 atom stereocenters. The molecule has 10 aromatic rings. The average Bonchev–Trinajstić information content (AvgIpc) is 3.64. The molecule has 248 valence electrons. The van der Waals surface area contributed by atoms with E-state index >= 15 is 0 Å². The Hall–Kier alpha value is -6.75. The van der Waals surface area contributed by atoms with Gasteiger partial charge in [0.15, 0.2) is 5.82 Å². The average molecular weight is 694 g/mol. The molecule has 0 amide bonds. The first-order chi connectivity index (χ1) is 26.3. The number of nitrogens with zero attached hydrogens (tertiary/aromatic N) is 3. The lowest BCUT2D eigenvalue weighted by Gasteiger charge is -2.13. The molecule has 0 spiro atoms. The lowest BCUT2D eigenvalue weighted by Crippen LogP contribution is -1.97. The van der Waals surface area contributed by atoms with Crippen LogP contribution in [0, 0.1) is 0 Å². The van der Waals surface area contributed by atoms with Crippen LogP contribution in [0.15, 0.2) is 188 Å². The number of fused-ring (bicyclic) bond motifs is 5. The summed E-state index contributed by atoms with van der Waals surface area (Å²) in [5.74, 6) is 0.704. The predicted molar refractivity (Wildman–Crippen MR) is 223 cm³/mol. The highest BCUT2D eigenvalue weighted by Crippen LogP contribution is 2.44. The fourth-order valence-corrected chi connectivity index (χ4v) is 8.52. The van der Waals surface area contributed by atoms with Crippen molar-refractivity contribution in [2.45, 2.75) is 0 Å². The topological polar surface area (TPSA) is 38.7 Å². The van der Waals surface area contributed by atoms with Gasteiger partial charge in [-0.1, -0.05) is 164 Å². The van der Waals surface area contributed by atoms with E-state index in [0.717, 1.165) is 61.5 Å². The highest BCUT2D eigenvalue weighted by Gasteiger charge is 2.18. The maximum Gasteiger partial charge on any atom is 0.160 e. The summed E-state index contributed by atoms with van der Waals surface area (Å²) in [7, 11) is 0. The molecule has 0 aliphatic carbocycles. The second-order valence-electron chi connectivity index (χ2n) is 13.2. The first-order valence-corrected chi connectivity index (χ1v) is 18.6. The quantitative estimate of drug-likeness (QED) is 0.174. The van der Waals surface area contributed by atoms with Gasteiger partial charge in [-0.05, 0) is 46.5 Å². The summed E-state index contributed by atoms with van der Waals surface area (Å²) in [6.07, 6.45) is 0. The van der Waals surface area contributed by atoms with Gasteiger partial charge in [-0.25, -0.2) is 15.0 Å². The summed E-state index contributed by atoms with van der Waals surface area (Å²) in [4.78, 5) is 15.5. The number of benzene rings is 7. The molecular formula is C49H31N3S. The van der Waals surface area contributed by atoms with Crippen molar-refractivity contribution in [3.05, 3.63) is 188 Å². The van der Waals surface area contributed by atoms with Gasteiger partial charge < -0.3 is 0 Å². The normalized spacial score (nSPS) is 11.4. The van der Waals surface area contributed by atoms with Crippen LogP contribution in [0.2, 0.25) is 0 Å². The molecule has 0 aliphatic heterocycles. The monoisotopic (exact) mass is 693 g/mol. The molecule has 0 unspecified atom stereocenters. The number of pyridine rings is 1. The molecule has 0 saturated heterocycles. The molecule has 4 heteroatoms. The molecule has 3 nitrogen and oxygen atoms in total. The van der Waals surface area contributed by atoms with Crippen LogP contribution in [0.4, 0.5) is 0 Å². The van der Waals surface area contributed by atoms with E-state index in [1.807, 2.05) is 35.6 Å². The molecule has 53 heavy (non-hydrogen) atoms. The van der Waals surface area contributed by atoms with E-state index in [9.17, 15) is 0 Å². The van der Waals surface area contributed by atoms with Crippen molar-refractivity contribution in [1.82, 2.24) is 15.0 Å². The number of hydrogen-bond acceptors (Lipinski definition) is 4. The largest absolute Gasteiger partial charge is 0.247 e. The first kappa shape index (κ1) is 31.0. The van der Waals surface area contributed by atoms with Gasteiger partial charge in [-0.2, -0.15) is 0 Å². The van der Waals surface area contributed by atoms with Crippen LogP contribution in [0.25, 0.3) is 98.5 Å². The highest BCUT2D eigenvalue weighted by atomic mass is 32.1. The minimum absolute atomic E-state index is 0.704. The molecule has 0 aliphatic rings. The zero-order chi connectivity index (χ0) is 35.1. The zero-order valence-corrected chi connectivity index (χ0v) is 29.5. The maximum atomic E-state index is 5.22. The van der Waals surface area contributed by atoms with Gasteiger partial charge in [0.25, 0.3) is 0 Å². The van der Waals surface area contributed by atoms with Crippen molar-refractivity contribution >= 4 is 42.4 Å². The van der Waals surface area contributed by atoms with E-state index in [2.05, 4.69) is 164 Å². The fourth-order valence-electron chi connectivity index (χ4n) is 7.31. The second-order valence-corrected chi connectivity index (χ2v) is 14.2. The van der Waals surface area contributed by atoms with Gasteiger partial charge in [-0.3, -0.25) is 0 Å². The minimum Gasteiger partial charge on any atom is -0.247 e. The predicted octanol–water partition coefficient (Wildman–Crippen LogP) is 13.4. The molecule has 7 aromatic carbocycles. The summed E-state index contributed by atoms with van der Waals surface area (Å²) >= 11 is 1.85. The summed E-state index contributed by atoms with van der Waals surface area (Å²) in [5, 5.41) is 3.64. The van der Waals surface area contributed by atoms with Gasteiger partial charge in [0.2, 0.25) is 0 Å². The van der Waals surface area contributed by atoms with Crippen LogP contribution < -0.4 is 0 Å². The van der Waals surface area contributed by atoms with Crippen LogP contribution in [0.5, 0.6) is 0 Å². The Kier molecular flexibility index (Phi) is 7.67. The Morgan fingerprint density at radius 1 is 0.358 bits per heavy atom. The van der Waals surface area contributed by atoms with E-state index in [0.29, 0.717) is 5.82 Å². The van der Waals surface area contributed by atoms with E-state index < -0.39 is 0 Å². The molecular weight excluding hydrogens is 663 g/mol. The number of rotatable bonds is 6. The van der Waals surface area contributed by atoms with E-state index in [-0.39, 0.29) is 0 Å². The fraction of sp³-hybridized carbons (Fsp3) is 0. The SMILES string of the molecule is c1ccc(-c2nc(-c3ccc(-c4ccc5sc6c7ccccc7nc(-c7ccccc7)c6c5c4)cc3)cc(-c3ccccc3-c3ccccc3)n2)cc1. The van der Waals surface area contributed by atoms with Crippen molar-refractivity contribution in [2.24, 2.45) is 0 Å². The van der Waals surface area contributed by atoms with E-state index in [1.165, 1.54) is 31.1 Å². The van der Waals surface area contributed by atoms with Crippen molar-refractivity contribution in [3.8, 4) is 67.4 Å². The Labute approximate surface area is 311 Å². The van der Waals surface area contributed by atoms with E-state index in [4.69, 9.17) is 15.0 Å². The third-order valence-corrected chi connectivity index (χ3v) is 11.1. The van der Waals surface area contributed by atoms with Crippen molar-refractivity contribution < 1.29 is 0 Å². The number of aromatic nitrogens is 3. The van der Waals surface area contributed by atoms with Gasteiger partial charge in [0.1, 0.15) is 0 Å². The number of para-hydroxylation sites is 1. The van der Waals surface area contributed by atoms with Gasteiger partial charge in [-0.15, -0.1) is 11.3 Å². The number of thiophene rings is 1. The van der Waals surface area contributed by atoms with Crippen LogP contribution in [0.1, 0.15) is 0 Å². The minimum atomic E-state index is 0.704. The smallest absolute Gasteiger partial charge is 0.160 e. The van der Waals surface area contributed by atoms with Gasteiger partial charge in [0.05, 0.1) is 22.6 Å². The van der Waals surface area contributed by atoms with Crippen molar-refractivity contribution in [2.75, 3.05) is 0 Å². The van der Waals surface area contributed by atoms with Crippen LogP contribution in [-0.2, 0) is 0 Å². The zero-order valence-electron chi connectivity index (χ0n) is 28.6. The van der Waals surface area contributed by atoms with Gasteiger partial charge in [0, 0.05) is 47.8 Å². The van der Waals surface area contributed by atoms with Crippen LogP contribution in [-0.4, -0.2) is 15.0 Å². The third-order valence-electron chi connectivity index (χ3n) is 9.91. The highest BCUT2D eigenvalue weighted by molar-refractivity contribution is 7.26. The maximum absolute atomic E-state index is 5.22. The molecule has 0 N–H and O–H groups in total. The first-order valence-electron chi connectivity index (χ1n) is 17.8. The van der Waals surface area contributed by atoms with Crippen molar-refractivity contribution in [1.29, 1.82) is 0 Å². The van der Waals surface area contributed by atoms with Crippen LogP contribution in [0.3, 0.4) is 0 Å². The third kappa shape index (κ3) is 5.66. The van der Waals surface area contributed by atoms with Crippen molar-refractivity contribution in [3.63, 3.8) is 0 Å². The molecule has 0 bridgehead atoms. The molecule has 0 fully saturated rings. The standard InChI is InChI=1S/C49H31N3S/c1-4-14-33(15-5-1)38-20-10-11-21-39(38)44-31-43(51-49(52-44)36-18-8-3-9-19-36)34-26-24-32(25-27-34)37-28-29-45-41(30-37)46-47(35-16-6-2-7-17-35)50-42-23-13-12-22-40(42)48(46)53-45/h1-31H. The molecule has 0 saturated carbocycles. The molecule has 10 rings (SSSR count). The Bertz CT molecular complexity index is 2920. The summed E-state index contributed by atoms with van der Waals surface area (Å²) < 4.78 is 2.54. The summed E-state index contributed by atoms with van der Waals surface area (Å²) in [6, 6.07) is 66.0. The Balaban J connectivity index is 1.09. The second kappa shape index (κ2) is 13.1. The summed E-state index contributed by atoms with van der Waals surface area (Å²) in [6.45, 7) is 0. The van der Waals surface area contributed by atoms with Gasteiger partial charge >= 0.3 is 0 Å². The molecule has 3 heterocycles. The molecule has 0 radical (unpaired) electrons. The summed E-state index contributed by atoms with van der Waals surface area (Å²) in [5.41, 5.74) is 12.7. The Morgan fingerprint density at radius 2 is 0.943 bits per heavy atom. The number of hydrogen-bond donors (Lipinski definition) is 0. The lowest BCUT2D eigenvalue weighted by atomic mass is 9.96. The lowest BCUT2D eigenvalue weighted by molar-refractivity contribution is 1.18. The van der Waals surface area contributed by atoms with E-state index in [1.54, 1.807) is 0 Å². The van der Waals surface area contributed by atoms with Crippen LogP contribution >= 0.6 is 11.3 Å².